The van der Waals surface area contributed by atoms with Crippen molar-refractivity contribution < 1.29 is 5.11 Å². The van der Waals surface area contributed by atoms with Crippen molar-refractivity contribution in [2.24, 2.45) is 0 Å². The number of aromatic amines is 1. The molecule has 138 valence electrons. The molecule has 3 N–H and O–H groups in total. The Labute approximate surface area is 168 Å². The minimum atomic E-state index is -0.179. The van der Waals surface area contributed by atoms with Crippen LogP contribution in [0.4, 0.5) is 5.69 Å². The fourth-order valence-electron chi connectivity index (χ4n) is 3.67. The molecule has 27 heavy (non-hydrogen) atoms. The van der Waals surface area contributed by atoms with E-state index in [0.717, 1.165) is 22.6 Å². The number of aromatic hydroxyl groups is 1. The Kier molecular flexibility index (Phi) is 4.53. The van der Waals surface area contributed by atoms with Crippen LogP contribution in [0.5, 0.6) is 5.75 Å². The third-order valence-corrected chi connectivity index (χ3v) is 5.35. The molecule has 1 aliphatic rings. The van der Waals surface area contributed by atoms with Gasteiger partial charge in [0.15, 0.2) is 5.11 Å². The average molecular weight is 399 g/mol. The van der Waals surface area contributed by atoms with Gasteiger partial charge in [0, 0.05) is 22.6 Å². The SMILES string of the molecule is Cc1cc([C@H]2[C@H](c3ccccn3)NC(=S)N2c2cc(Cl)ccc2O)c(C)[nH]1. The molecule has 3 aromatic rings. The molecule has 0 unspecified atom stereocenters. The zero-order valence-corrected chi connectivity index (χ0v) is 16.5. The van der Waals surface area contributed by atoms with Crippen LogP contribution >= 0.6 is 23.8 Å². The second-order valence-electron chi connectivity index (χ2n) is 6.66. The van der Waals surface area contributed by atoms with E-state index >= 15 is 0 Å². The predicted octanol–water partition coefficient (Wildman–Crippen LogP) is 4.56. The number of benzene rings is 1. The van der Waals surface area contributed by atoms with Crippen molar-refractivity contribution in [1.29, 1.82) is 0 Å². The molecule has 0 amide bonds. The number of hydrogen-bond acceptors (Lipinski definition) is 3. The summed E-state index contributed by atoms with van der Waals surface area (Å²) < 4.78 is 0. The van der Waals surface area contributed by atoms with E-state index in [1.807, 2.05) is 36.9 Å². The van der Waals surface area contributed by atoms with Crippen molar-refractivity contribution in [1.82, 2.24) is 15.3 Å². The number of aromatic nitrogens is 2. The van der Waals surface area contributed by atoms with Gasteiger partial charge in [0.1, 0.15) is 5.75 Å². The summed E-state index contributed by atoms with van der Waals surface area (Å²) in [5.74, 6) is 0.125. The molecule has 1 aromatic carbocycles. The molecular formula is C20H19ClN4OS. The lowest BCUT2D eigenvalue weighted by Crippen LogP contribution is -2.29. The normalized spacial score (nSPS) is 19.4. The van der Waals surface area contributed by atoms with E-state index in [9.17, 15) is 5.11 Å². The molecule has 7 heteroatoms. The number of anilines is 1. The number of H-pyrrole nitrogens is 1. The van der Waals surface area contributed by atoms with Crippen LogP contribution in [0, 0.1) is 13.8 Å². The van der Waals surface area contributed by atoms with Gasteiger partial charge in [-0.2, -0.15) is 0 Å². The number of rotatable bonds is 3. The minimum absolute atomic E-state index is 0.125. The van der Waals surface area contributed by atoms with Crippen LogP contribution in [0.2, 0.25) is 5.02 Å². The van der Waals surface area contributed by atoms with Crippen molar-refractivity contribution in [3.63, 3.8) is 0 Å². The Morgan fingerprint density at radius 2 is 2.00 bits per heavy atom. The molecule has 0 spiro atoms. The monoisotopic (exact) mass is 398 g/mol. The number of nitrogens with one attached hydrogen (secondary N) is 2. The number of hydrogen-bond donors (Lipinski definition) is 3. The maximum absolute atomic E-state index is 10.5. The van der Waals surface area contributed by atoms with E-state index in [4.69, 9.17) is 23.8 Å². The summed E-state index contributed by atoms with van der Waals surface area (Å²) in [5.41, 5.74) is 4.66. The molecule has 1 fully saturated rings. The molecule has 0 bridgehead atoms. The Balaban J connectivity index is 1.90. The fraction of sp³-hybridized carbons (Fsp3) is 0.200. The van der Waals surface area contributed by atoms with Crippen LogP contribution in [0.1, 0.15) is 34.7 Å². The molecule has 0 aliphatic carbocycles. The highest BCUT2D eigenvalue weighted by atomic mass is 35.5. The Bertz CT molecular complexity index is 1000. The van der Waals surface area contributed by atoms with E-state index in [-0.39, 0.29) is 17.8 Å². The number of thiocarbonyl (C=S) groups is 1. The zero-order chi connectivity index (χ0) is 19.1. The van der Waals surface area contributed by atoms with Gasteiger partial charge in [0.2, 0.25) is 0 Å². The molecule has 5 nitrogen and oxygen atoms in total. The summed E-state index contributed by atoms with van der Waals surface area (Å²) >= 11 is 11.9. The molecule has 1 aliphatic heterocycles. The molecule has 2 atom stereocenters. The van der Waals surface area contributed by atoms with Crippen LogP contribution in [-0.2, 0) is 0 Å². The van der Waals surface area contributed by atoms with Crippen LogP contribution < -0.4 is 10.2 Å². The van der Waals surface area contributed by atoms with Crippen molar-refractivity contribution in [2.45, 2.75) is 25.9 Å². The second kappa shape index (κ2) is 6.87. The lowest BCUT2D eigenvalue weighted by molar-refractivity contribution is 0.472. The molecule has 0 saturated carbocycles. The number of nitrogens with zero attached hydrogens (tertiary/aromatic N) is 2. The highest BCUT2D eigenvalue weighted by Crippen LogP contribution is 2.45. The van der Waals surface area contributed by atoms with E-state index in [2.05, 4.69) is 21.4 Å². The summed E-state index contributed by atoms with van der Waals surface area (Å²) in [6.07, 6.45) is 1.77. The van der Waals surface area contributed by atoms with Crippen LogP contribution in [0.15, 0.2) is 48.7 Å². The molecular weight excluding hydrogens is 380 g/mol. The van der Waals surface area contributed by atoms with Gasteiger partial charge < -0.3 is 20.3 Å². The van der Waals surface area contributed by atoms with Gasteiger partial charge in [0.25, 0.3) is 0 Å². The van der Waals surface area contributed by atoms with E-state index in [1.165, 1.54) is 0 Å². The predicted molar refractivity (Wildman–Crippen MR) is 111 cm³/mol. The first kappa shape index (κ1) is 17.8. The molecule has 2 aromatic heterocycles. The van der Waals surface area contributed by atoms with Crippen molar-refractivity contribution in [3.8, 4) is 5.75 Å². The van der Waals surface area contributed by atoms with E-state index < -0.39 is 0 Å². The largest absolute Gasteiger partial charge is 0.506 e. The van der Waals surface area contributed by atoms with Gasteiger partial charge in [-0.05, 0) is 68.0 Å². The van der Waals surface area contributed by atoms with Gasteiger partial charge >= 0.3 is 0 Å². The van der Waals surface area contributed by atoms with Crippen molar-refractivity contribution in [2.75, 3.05) is 4.90 Å². The van der Waals surface area contributed by atoms with Crippen molar-refractivity contribution in [3.05, 3.63) is 76.3 Å². The third-order valence-electron chi connectivity index (χ3n) is 4.80. The summed E-state index contributed by atoms with van der Waals surface area (Å²) in [7, 11) is 0. The zero-order valence-electron chi connectivity index (χ0n) is 14.9. The number of halogens is 1. The molecule has 1 saturated heterocycles. The lowest BCUT2D eigenvalue weighted by atomic mass is 9.96. The first-order chi connectivity index (χ1) is 13.0. The average Bonchev–Trinajstić information content (AvgIpc) is 3.16. The maximum atomic E-state index is 10.5. The maximum Gasteiger partial charge on any atom is 0.174 e. The second-order valence-corrected chi connectivity index (χ2v) is 7.49. The quantitative estimate of drug-likeness (QED) is 0.564. The van der Waals surface area contributed by atoms with Crippen LogP contribution in [-0.4, -0.2) is 20.2 Å². The van der Waals surface area contributed by atoms with Gasteiger partial charge in [-0.1, -0.05) is 17.7 Å². The molecule has 4 rings (SSSR count). The lowest BCUT2D eigenvalue weighted by Gasteiger charge is -2.28. The molecule has 3 heterocycles. The van der Waals surface area contributed by atoms with Gasteiger partial charge in [-0.3, -0.25) is 4.98 Å². The first-order valence-corrected chi connectivity index (χ1v) is 9.39. The van der Waals surface area contributed by atoms with Gasteiger partial charge in [-0.25, -0.2) is 0 Å². The molecule has 0 radical (unpaired) electrons. The van der Waals surface area contributed by atoms with Gasteiger partial charge in [0.05, 0.1) is 23.5 Å². The Morgan fingerprint density at radius 3 is 2.67 bits per heavy atom. The Hall–Kier alpha value is -2.57. The highest BCUT2D eigenvalue weighted by Gasteiger charge is 2.42. The summed E-state index contributed by atoms with van der Waals surface area (Å²) in [4.78, 5) is 9.81. The van der Waals surface area contributed by atoms with Crippen LogP contribution in [0.25, 0.3) is 0 Å². The number of phenolic OH excluding ortho intramolecular Hbond substituents is 1. The Morgan fingerprint density at radius 1 is 1.19 bits per heavy atom. The fourth-order valence-corrected chi connectivity index (χ4v) is 4.18. The highest BCUT2D eigenvalue weighted by molar-refractivity contribution is 7.80. The standard InChI is InChI=1S/C20H19ClN4OS/c1-11-9-14(12(2)23-11)19-18(15-5-3-4-8-22-15)24-20(27)25(19)16-10-13(21)6-7-17(16)26/h3-10,18-19,23,26H,1-2H3,(H,24,27)/t18-,19-/m0/s1. The summed E-state index contributed by atoms with van der Waals surface area (Å²) in [6, 6.07) is 12.6. The topological polar surface area (TPSA) is 64.2 Å². The summed E-state index contributed by atoms with van der Waals surface area (Å²) in [5, 5.41) is 14.9. The smallest absolute Gasteiger partial charge is 0.174 e. The number of aryl methyl sites for hydroxylation is 2. The van der Waals surface area contributed by atoms with Crippen molar-refractivity contribution >= 4 is 34.6 Å². The third kappa shape index (κ3) is 3.15. The number of phenols is 1. The van der Waals surface area contributed by atoms with E-state index in [0.29, 0.717) is 15.8 Å². The van der Waals surface area contributed by atoms with E-state index in [1.54, 1.807) is 24.4 Å². The number of pyridine rings is 1. The minimum Gasteiger partial charge on any atom is -0.506 e. The van der Waals surface area contributed by atoms with Crippen LogP contribution in [0.3, 0.4) is 0 Å². The van der Waals surface area contributed by atoms with Gasteiger partial charge in [-0.15, -0.1) is 0 Å². The summed E-state index contributed by atoms with van der Waals surface area (Å²) in [6.45, 7) is 4.06. The first-order valence-electron chi connectivity index (χ1n) is 8.61.